The highest BCUT2D eigenvalue weighted by Gasteiger charge is 2.12. The van der Waals surface area contributed by atoms with Gasteiger partial charge in [0.1, 0.15) is 11.5 Å². The first-order valence-corrected chi connectivity index (χ1v) is 4.14. The lowest BCUT2D eigenvalue weighted by molar-refractivity contribution is 0.0807. The topological polar surface area (TPSA) is 36.1 Å². The zero-order chi connectivity index (χ0) is 10.6. The molecule has 1 aromatic heterocycles. The van der Waals surface area contributed by atoms with E-state index in [0.717, 1.165) is 12.3 Å². The van der Waals surface area contributed by atoms with E-state index in [4.69, 9.17) is 0 Å². The number of carbonyl (C=O) groups is 1. The first-order valence-electron chi connectivity index (χ1n) is 4.14. The predicted molar refractivity (Wildman–Crippen MR) is 51.2 cm³/mol. The maximum Gasteiger partial charge on any atom is 0.270 e. The van der Waals surface area contributed by atoms with E-state index >= 15 is 0 Å². The molecule has 0 spiro atoms. The average molecular weight is 194 g/mol. The van der Waals surface area contributed by atoms with E-state index in [1.807, 2.05) is 0 Å². The summed E-state index contributed by atoms with van der Waals surface area (Å²) in [5.74, 6) is 4.73. The Balaban J connectivity index is 2.68. The number of aromatic amines is 1. The summed E-state index contributed by atoms with van der Waals surface area (Å²) >= 11 is 0. The quantitative estimate of drug-likeness (QED) is 0.707. The summed E-state index contributed by atoms with van der Waals surface area (Å²) in [6.07, 6.45) is 1.15. The second-order valence-corrected chi connectivity index (χ2v) is 2.82. The van der Waals surface area contributed by atoms with Crippen molar-refractivity contribution in [2.75, 3.05) is 13.6 Å². The van der Waals surface area contributed by atoms with Gasteiger partial charge in [0.2, 0.25) is 0 Å². The molecule has 0 aliphatic heterocycles. The number of hydrogen-bond donors (Lipinski definition) is 1. The fourth-order valence-corrected chi connectivity index (χ4v) is 0.966. The standard InChI is InChI=1S/C10H11FN2O/c1-3-4-5-13(2)10(14)9-6-8(11)7-12-9/h6-7,12H,5H2,1-2H3. The zero-order valence-electron chi connectivity index (χ0n) is 8.10. The lowest BCUT2D eigenvalue weighted by Crippen LogP contribution is -2.27. The van der Waals surface area contributed by atoms with E-state index in [0.29, 0.717) is 6.54 Å². The molecule has 0 radical (unpaired) electrons. The summed E-state index contributed by atoms with van der Waals surface area (Å²) in [6.45, 7) is 2.04. The van der Waals surface area contributed by atoms with Crippen LogP contribution >= 0.6 is 0 Å². The van der Waals surface area contributed by atoms with E-state index in [1.54, 1.807) is 14.0 Å². The molecule has 0 aliphatic carbocycles. The molecular weight excluding hydrogens is 183 g/mol. The number of halogens is 1. The molecule has 1 aromatic rings. The predicted octanol–water partition coefficient (Wildman–Crippen LogP) is 1.25. The summed E-state index contributed by atoms with van der Waals surface area (Å²) in [7, 11) is 1.62. The molecule has 0 aliphatic rings. The maximum atomic E-state index is 12.6. The summed E-state index contributed by atoms with van der Waals surface area (Å²) in [4.78, 5) is 15.5. The number of hydrogen-bond acceptors (Lipinski definition) is 1. The molecular formula is C10H11FN2O. The monoisotopic (exact) mass is 194 g/mol. The van der Waals surface area contributed by atoms with Gasteiger partial charge in [-0.25, -0.2) is 4.39 Å². The van der Waals surface area contributed by atoms with Crippen molar-refractivity contribution in [2.24, 2.45) is 0 Å². The minimum absolute atomic E-state index is 0.239. The molecule has 14 heavy (non-hydrogen) atoms. The van der Waals surface area contributed by atoms with Crippen molar-refractivity contribution in [3.8, 4) is 11.8 Å². The molecule has 0 unspecified atom stereocenters. The molecule has 4 heteroatoms. The molecule has 0 saturated heterocycles. The van der Waals surface area contributed by atoms with Gasteiger partial charge in [-0.05, 0) is 6.92 Å². The number of carbonyl (C=O) groups excluding carboxylic acids is 1. The molecule has 0 aromatic carbocycles. The number of amides is 1. The van der Waals surface area contributed by atoms with Crippen LogP contribution in [0.4, 0.5) is 4.39 Å². The van der Waals surface area contributed by atoms with Gasteiger partial charge in [-0.3, -0.25) is 4.79 Å². The number of rotatable bonds is 2. The largest absolute Gasteiger partial charge is 0.355 e. The van der Waals surface area contributed by atoms with Gasteiger partial charge in [0.25, 0.3) is 5.91 Å². The minimum Gasteiger partial charge on any atom is -0.355 e. The summed E-state index contributed by atoms with van der Waals surface area (Å²) in [5, 5.41) is 0. The van der Waals surface area contributed by atoms with Crippen molar-refractivity contribution in [3.05, 3.63) is 23.8 Å². The van der Waals surface area contributed by atoms with Crippen molar-refractivity contribution in [3.63, 3.8) is 0 Å². The van der Waals surface area contributed by atoms with Crippen LogP contribution in [0.2, 0.25) is 0 Å². The Hall–Kier alpha value is -1.76. The Kier molecular flexibility index (Phi) is 3.29. The smallest absolute Gasteiger partial charge is 0.270 e. The highest BCUT2D eigenvalue weighted by Crippen LogP contribution is 2.03. The van der Waals surface area contributed by atoms with Gasteiger partial charge >= 0.3 is 0 Å². The molecule has 0 fully saturated rings. The van der Waals surface area contributed by atoms with Crippen LogP contribution in [-0.4, -0.2) is 29.4 Å². The fraction of sp³-hybridized carbons (Fsp3) is 0.300. The third-order valence-corrected chi connectivity index (χ3v) is 1.72. The highest BCUT2D eigenvalue weighted by molar-refractivity contribution is 5.92. The Morgan fingerprint density at radius 3 is 2.93 bits per heavy atom. The van der Waals surface area contributed by atoms with E-state index in [9.17, 15) is 9.18 Å². The van der Waals surface area contributed by atoms with Crippen molar-refractivity contribution < 1.29 is 9.18 Å². The van der Waals surface area contributed by atoms with Crippen molar-refractivity contribution in [1.82, 2.24) is 9.88 Å². The normalized spacial score (nSPS) is 9.07. The van der Waals surface area contributed by atoms with Gasteiger partial charge in [-0.1, -0.05) is 5.92 Å². The van der Waals surface area contributed by atoms with E-state index in [2.05, 4.69) is 16.8 Å². The molecule has 0 bridgehead atoms. The molecule has 1 rings (SSSR count). The number of aromatic nitrogens is 1. The van der Waals surface area contributed by atoms with Crippen molar-refractivity contribution >= 4 is 5.91 Å². The first-order chi connectivity index (χ1) is 6.65. The second kappa shape index (κ2) is 4.47. The van der Waals surface area contributed by atoms with E-state index in [-0.39, 0.29) is 11.6 Å². The molecule has 1 amide bonds. The van der Waals surface area contributed by atoms with Crippen LogP contribution in [-0.2, 0) is 0 Å². The van der Waals surface area contributed by atoms with Gasteiger partial charge in [0.05, 0.1) is 6.54 Å². The molecule has 3 nitrogen and oxygen atoms in total. The maximum absolute atomic E-state index is 12.6. The Morgan fingerprint density at radius 2 is 2.43 bits per heavy atom. The van der Waals surface area contributed by atoms with Gasteiger partial charge in [-0.15, -0.1) is 5.92 Å². The summed E-state index contributed by atoms with van der Waals surface area (Å²) in [5.41, 5.74) is 0.239. The third-order valence-electron chi connectivity index (χ3n) is 1.72. The number of H-pyrrole nitrogens is 1. The van der Waals surface area contributed by atoms with Crippen molar-refractivity contribution in [2.45, 2.75) is 6.92 Å². The van der Waals surface area contributed by atoms with E-state index in [1.165, 1.54) is 4.90 Å². The molecule has 1 heterocycles. The summed E-state index contributed by atoms with van der Waals surface area (Å²) < 4.78 is 12.6. The highest BCUT2D eigenvalue weighted by atomic mass is 19.1. The lowest BCUT2D eigenvalue weighted by Gasteiger charge is -2.11. The van der Waals surface area contributed by atoms with Gasteiger partial charge in [0, 0.05) is 19.3 Å². The van der Waals surface area contributed by atoms with Crippen LogP contribution in [0.3, 0.4) is 0 Å². The SMILES string of the molecule is CC#CCN(C)C(=O)c1cc(F)c[nH]1. The lowest BCUT2D eigenvalue weighted by atomic mass is 10.3. The van der Waals surface area contributed by atoms with Gasteiger partial charge in [-0.2, -0.15) is 0 Å². The van der Waals surface area contributed by atoms with Crippen LogP contribution in [0.15, 0.2) is 12.3 Å². The average Bonchev–Trinajstić information content (AvgIpc) is 2.60. The molecule has 0 atom stereocenters. The van der Waals surface area contributed by atoms with E-state index < -0.39 is 5.82 Å². The van der Waals surface area contributed by atoms with Gasteiger partial charge < -0.3 is 9.88 Å². The summed E-state index contributed by atoms with van der Waals surface area (Å²) in [6, 6.07) is 1.16. The van der Waals surface area contributed by atoms with Crippen LogP contribution in [0, 0.1) is 17.7 Å². The van der Waals surface area contributed by atoms with Crippen LogP contribution < -0.4 is 0 Å². The van der Waals surface area contributed by atoms with Crippen molar-refractivity contribution in [1.29, 1.82) is 0 Å². The zero-order valence-corrected chi connectivity index (χ0v) is 8.10. The molecule has 1 N–H and O–H groups in total. The Bertz CT molecular complexity index is 386. The van der Waals surface area contributed by atoms with Crippen LogP contribution in [0.25, 0.3) is 0 Å². The number of nitrogens with zero attached hydrogens (tertiary/aromatic N) is 1. The Morgan fingerprint density at radius 1 is 1.71 bits per heavy atom. The van der Waals surface area contributed by atoms with Crippen LogP contribution in [0.1, 0.15) is 17.4 Å². The molecule has 0 saturated carbocycles. The Labute approximate surface area is 81.9 Å². The first kappa shape index (κ1) is 10.3. The third kappa shape index (κ3) is 2.36. The molecule has 74 valence electrons. The minimum atomic E-state index is -0.441. The second-order valence-electron chi connectivity index (χ2n) is 2.82. The number of nitrogens with one attached hydrogen (secondary N) is 1. The van der Waals surface area contributed by atoms with Gasteiger partial charge in [0.15, 0.2) is 0 Å². The van der Waals surface area contributed by atoms with Crippen LogP contribution in [0.5, 0.6) is 0 Å². The fourth-order valence-electron chi connectivity index (χ4n) is 0.966.